The van der Waals surface area contributed by atoms with Gasteiger partial charge in [0.1, 0.15) is 6.10 Å². The molecule has 0 saturated carbocycles. The van der Waals surface area contributed by atoms with Gasteiger partial charge in [-0.25, -0.2) is 0 Å². The maximum atomic E-state index is 11.5. The molecule has 1 atom stereocenters. The lowest BCUT2D eigenvalue weighted by Crippen LogP contribution is -2.45. The average Bonchev–Trinajstić information content (AvgIpc) is 2.19. The van der Waals surface area contributed by atoms with E-state index < -0.39 is 6.10 Å². The van der Waals surface area contributed by atoms with Crippen molar-refractivity contribution in [3.05, 3.63) is 0 Å². The maximum Gasteiger partial charge on any atom is 0.253 e. The van der Waals surface area contributed by atoms with Gasteiger partial charge in [-0.15, -0.1) is 0 Å². The van der Waals surface area contributed by atoms with Crippen molar-refractivity contribution in [1.82, 2.24) is 10.2 Å². The Morgan fingerprint density at radius 2 is 2.14 bits per heavy atom. The summed E-state index contributed by atoms with van der Waals surface area (Å²) in [4.78, 5) is 23.7. The molecule has 0 bridgehead atoms. The third kappa shape index (κ3) is 3.71. The van der Waals surface area contributed by atoms with E-state index in [1.54, 1.807) is 0 Å². The van der Waals surface area contributed by atoms with Crippen molar-refractivity contribution >= 4 is 11.8 Å². The first-order chi connectivity index (χ1) is 6.56. The molecule has 0 saturated heterocycles. The molecule has 3 N–H and O–H groups in total. The fraction of sp³-hybridized carbons (Fsp3) is 0.750. The van der Waals surface area contributed by atoms with Crippen molar-refractivity contribution in [2.24, 2.45) is 5.73 Å². The fourth-order valence-electron chi connectivity index (χ4n) is 0.916. The zero-order valence-corrected chi connectivity index (χ0v) is 8.74. The number of hydrogen-bond acceptors (Lipinski definition) is 4. The van der Waals surface area contributed by atoms with E-state index in [2.05, 4.69) is 5.32 Å². The number of nitrogens with zero attached hydrogens (tertiary/aromatic N) is 1. The third-order valence-electron chi connectivity index (χ3n) is 1.81. The molecule has 0 rings (SSSR count). The molecule has 2 amide bonds. The highest BCUT2D eigenvalue weighted by molar-refractivity contribution is 5.86. The van der Waals surface area contributed by atoms with Crippen LogP contribution >= 0.6 is 0 Å². The molecular formula is C8H17N3O3. The molecule has 0 aliphatic carbocycles. The minimum Gasteiger partial charge on any atom is -0.370 e. The van der Waals surface area contributed by atoms with Gasteiger partial charge in [-0.3, -0.25) is 9.59 Å². The summed E-state index contributed by atoms with van der Waals surface area (Å²) in [5.41, 5.74) is 5.31. The van der Waals surface area contributed by atoms with Gasteiger partial charge in [0.25, 0.3) is 5.91 Å². The first kappa shape index (κ1) is 12.9. The lowest BCUT2D eigenvalue weighted by atomic mass is 10.3. The fourth-order valence-corrected chi connectivity index (χ4v) is 0.916. The van der Waals surface area contributed by atoms with Gasteiger partial charge in [0.05, 0.1) is 6.54 Å². The normalized spacial score (nSPS) is 12.0. The second-order valence-electron chi connectivity index (χ2n) is 2.83. The lowest BCUT2D eigenvalue weighted by molar-refractivity contribution is -0.142. The quantitative estimate of drug-likeness (QED) is 0.550. The highest BCUT2D eigenvalue weighted by Gasteiger charge is 2.21. The number of carbonyl (C=O) groups excluding carboxylic acids is 2. The molecule has 14 heavy (non-hydrogen) atoms. The average molecular weight is 203 g/mol. The van der Waals surface area contributed by atoms with E-state index in [-0.39, 0.29) is 24.9 Å². The second kappa shape index (κ2) is 6.33. The van der Waals surface area contributed by atoms with Crippen molar-refractivity contribution in [3.8, 4) is 0 Å². The predicted molar refractivity (Wildman–Crippen MR) is 51.6 cm³/mol. The summed E-state index contributed by atoms with van der Waals surface area (Å²) < 4.78 is 4.85. The Labute approximate surface area is 83.4 Å². The number of methoxy groups -OCH3 is 1. The Balaban J connectivity index is 4.16. The first-order valence-corrected chi connectivity index (χ1v) is 4.25. The van der Waals surface area contributed by atoms with Crippen LogP contribution in [0.4, 0.5) is 0 Å². The van der Waals surface area contributed by atoms with Crippen molar-refractivity contribution in [1.29, 1.82) is 0 Å². The maximum absolute atomic E-state index is 11.5. The topological polar surface area (TPSA) is 84.7 Å². The third-order valence-corrected chi connectivity index (χ3v) is 1.81. The van der Waals surface area contributed by atoms with Gasteiger partial charge >= 0.3 is 0 Å². The van der Waals surface area contributed by atoms with Crippen LogP contribution in [0.1, 0.15) is 0 Å². The number of likely N-dealkylation sites (N-methyl/N-ethyl adjacent to an activating group) is 2. The summed E-state index contributed by atoms with van der Waals surface area (Å²) in [6.45, 7) is 0.114. The molecule has 0 fully saturated rings. The first-order valence-electron chi connectivity index (χ1n) is 4.25. The molecule has 0 aromatic rings. The van der Waals surface area contributed by atoms with Gasteiger partial charge in [-0.1, -0.05) is 0 Å². The molecule has 0 aliphatic heterocycles. The smallest absolute Gasteiger partial charge is 0.253 e. The number of nitrogens with two attached hydrogens (primary N) is 1. The summed E-state index contributed by atoms with van der Waals surface area (Å²) in [7, 11) is 4.44. The molecule has 1 unspecified atom stereocenters. The van der Waals surface area contributed by atoms with Crippen LogP contribution in [0.5, 0.6) is 0 Å². The van der Waals surface area contributed by atoms with Crippen LogP contribution in [0.2, 0.25) is 0 Å². The Bertz CT molecular complexity index is 204. The summed E-state index contributed by atoms with van der Waals surface area (Å²) in [6, 6.07) is 0. The molecule has 6 heteroatoms. The largest absolute Gasteiger partial charge is 0.370 e. The highest BCUT2D eigenvalue weighted by atomic mass is 16.5. The number of rotatable bonds is 5. The minimum atomic E-state index is -0.676. The van der Waals surface area contributed by atoms with Gasteiger partial charge in [0.15, 0.2) is 0 Å². The Morgan fingerprint density at radius 1 is 1.57 bits per heavy atom. The van der Waals surface area contributed by atoms with Crippen LogP contribution in [-0.4, -0.2) is 57.1 Å². The predicted octanol–water partition coefficient (Wildman–Crippen LogP) is -1.84. The molecule has 6 nitrogen and oxygen atoms in total. The Kier molecular flexibility index (Phi) is 5.82. The molecule has 0 spiro atoms. The lowest BCUT2D eigenvalue weighted by Gasteiger charge is -2.20. The SMILES string of the molecule is CNC(=O)CN(C)C(=O)C(CN)OC. The summed E-state index contributed by atoms with van der Waals surface area (Å²) in [5, 5.41) is 2.42. The van der Waals surface area contributed by atoms with Crippen LogP contribution in [-0.2, 0) is 14.3 Å². The van der Waals surface area contributed by atoms with E-state index in [0.29, 0.717) is 0 Å². The zero-order chi connectivity index (χ0) is 11.1. The van der Waals surface area contributed by atoms with Crippen molar-refractivity contribution in [3.63, 3.8) is 0 Å². The molecule has 0 heterocycles. The van der Waals surface area contributed by atoms with E-state index >= 15 is 0 Å². The van der Waals surface area contributed by atoms with Gasteiger partial charge in [0.2, 0.25) is 5.91 Å². The van der Waals surface area contributed by atoms with E-state index in [1.165, 1.54) is 26.1 Å². The molecule has 0 aromatic carbocycles. The number of nitrogens with one attached hydrogen (secondary N) is 1. The van der Waals surface area contributed by atoms with Crippen LogP contribution in [0, 0.1) is 0 Å². The van der Waals surface area contributed by atoms with Crippen LogP contribution < -0.4 is 11.1 Å². The zero-order valence-electron chi connectivity index (χ0n) is 8.74. The number of ether oxygens (including phenoxy) is 1. The summed E-state index contributed by atoms with van der Waals surface area (Å²) in [6.07, 6.45) is -0.676. The van der Waals surface area contributed by atoms with Crippen molar-refractivity contribution in [2.75, 3.05) is 34.3 Å². The summed E-state index contributed by atoms with van der Waals surface area (Å²) in [5.74, 6) is -0.522. The second-order valence-corrected chi connectivity index (χ2v) is 2.83. The van der Waals surface area contributed by atoms with E-state index in [4.69, 9.17) is 10.5 Å². The van der Waals surface area contributed by atoms with Gasteiger partial charge in [-0.2, -0.15) is 0 Å². The Morgan fingerprint density at radius 3 is 2.50 bits per heavy atom. The van der Waals surface area contributed by atoms with Gasteiger partial charge < -0.3 is 20.7 Å². The van der Waals surface area contributed by atoms with Gasteiger partial charge in [0, 0.05) is 27.7 Å². The molecular weight excluding hydrogens is 186 g/mol. The number of amides is 2. The Hall–Kier alpha value is -1.14. The van der Waals surface area contributed by atoms with Crippen LogP contribution in [0.3, 0.4) is 0 Å². The minimum absolute atomic E-state index is 0.00912. The van der Waals surface area contributed by atoms with Crippen molar-refractivity contribution in [2.45, 2.75) is 6.10 Å². The van der Waals surface area contributed by atoms with E-state index in [1.807, 2.05) is 0 Å². The van der Waals surface area contributed by atoms with E-state index in [0.717, 1.165) is 0 Å². The molecule has 0 radical (unpaired) electrons. The monoisotopic (exact) mass is 203 g/mol. The summed E-state index contributed by atoms with van der Waals surface area (Å²) >= 11 is 0. The van der Waals surface area contributed by atoms with Gasteiger partial charge in [-0.05, 0) is 0 Å². The number of carbonyl (C=O) groups is 2. The van der Waals surface area contributed by atoms with Crippen LogP contribution in [0.15, 0.2) is 0 Å². The molecule has 0 aliphatic rings. The molecule has 0 aromatic heterocycles. The standard InChI is InChI=1S/C8H17N3O3/c1-10-7(12)5-11(2)8(13)6(4-9)14-3/h6H,4-5,9H2,1-3H3,(H,10,12). The molecule has 82 valence electrons. The van der Waals surface area contributed by atoms with Crippen LogP contribution in [0.25, 0.3) is 0 Å². The highest BCUT2D eigenvalue weighted by Crippen LogP contribution is 1.94. The van der Waals surface area contributed by atoms with Crippen molar-refractivity contribution < 1.29 is 14.3 Å². The van der Waals surface area contributed by atoms with E-state index in [9.17, 15) is 9.59 Å². The number of hydrogen-bond donors (Lipinski definition) is 2.